The number of hydrogen-bond donors (Lipinski definition) is 0. The summed E-state index contributed by atoms with van der Waals surface area (Å²) in [4.78, 5) is 12.3. The van der Waals surface area contributed by atoms with Gasteiger partial charge >= 0.3 is 0 Å². The summed E-state index contributed by atoms with van der Waals surface area (Å²) in [5.74, 6) is 0. The molecule has 78 valence electrons. The van der Waals surface area contributed by atoms with Gasteiger partial charge in [-0.25, -0.2) is 0 Å². The third-order valence-corrected chi connectivity index (χ3v) is 3.04. The minimum absolute atomic E-state index is 0.125. The molecule has 15 heavy (non-hydrogen) atoms. The van der Waals surface area contributed by atoms with Gasteiger partial charge in [0, 0.05) is 30.8 Å². The third kappa shape index (κ3) is 1.17. The fourth-order valence-electron chi connectivity index (χ4n) is 2.15. The maximum absolute atomic E-state index is 10.5. The number of fused-ring (bicyclic) bond motifs is 1. The zero-order chi connectivity index (χ0) is 10.5. The molecule has 0 bridgehead atoms. The Hall–Kier alpha value is -1.46. The summed E-state index contributed by atoms with van der Waals surface area (Å²) < 4.78 is 5.66. The zero-order valence-electron chi connectivity index (χ0n) is 8.05. The molecule has 2 unspecified atom stereocenters. The number of nitro groups is 1. The molecule has 0 aromatic heterocycles. The lowest BCUT2D eigenvalue weighted by molar-refractivity contribution is -0.384. The summed E-state index contributed by atoms with van der Waals surface area (Å²) >= 11 is 0. The molecule has 2 saturated heterocycles. The SMILES string of the molecule is O=[N+]([O-])c1ccc(C23CN2CCO3)cc1. The second-order valence-electron chi connectivity index (χ2n) is 3.86. The minimum atomic E-state index is -0.387. The second kappa shape index (κ2) is 2.77. The minimum Gasteiger partial charge on any atom is -0.353 e. The number of morpholine rings is 1. The molecule has 0 amide bonds. The quantitative estimate of drug-likeness (QED) is 0.413. The van der Waals surface area contributed by atoms with E-state index in [1.807, 2.05) is 0 Å². The van der Waals surface area contributed by atoms with Crippen molar-refractivity contribution in [2.45, 2.75) is 5.72 Å². The predicted molar refractivity (Wildman–Crippen MR) is 52.3 cm³/mol. The highest BCUT2D eigenvalue weighted by atomic mass is 16.6. The highest BCUT2D eigenvalue weighted by Crippen LogP contribution is 2.47. The first-order chi connectivity index (χ1) is 7.22. The van der Waals surface area contributed by atoms with Gasteiger partial charge in [0.25, 0.3) is 5.69 Å². The number of nitro benzene ring substituents is 1. The van der Waals surface area contributed by atoms with Gasteiger partial charge < -0.3 is 4.74 Å². The summed E-state index contributed by atoms with van der Waals surface area (Å²) in [5.41, 5.74) is 0.890. The second-order valence-corrected chi connectivity index (χ2v) is 3.86. The van der Waals surface area contributed by atoms with Crippen LogP contribution in [0.3, 0.4) is 0 Å². The molecule has 1 aromatic rings. The molecular formula is C10H10N2O3. The Morgan fingerprint density at radius 1 is 1.40 bits per heavy atom. The van der Waals surface area contributed by atoms with Crippen molar-refractivity contribution in [3.63, 3.8) is 0 Å². The van der Waals surface area contributed by atoms with Crippen LogP contribution in [-0.2, 0) is 10.5 Å². The summed E-state index contributed by atoms with van der Waals surface area (Å²) in [7, 11) is 0. The first kappa shape index (κ1) is 8.82. The lowest BCUT2D eigenvalue weighted by Crippen LogP contribution is -2.11. The first-order valence-corrected chi connectivity index (χ1v) is 4.86. The molecule has 2 atom stereocenters. The molecule has 0 radical (unpaired) electrons. The van der Waals surface area contributed by atoms with Crippen LogP contribution in [0, 0.1) is 10.1 Å². The van der Waals surface area contributed by atoms with Crippen molar-refractivity contribution >= 4 is 5.69 Å². The molecule has 2 aliphatic heterocycles. The molecule has 0 saturated carbocycles. The highest BCUT2D eigenvalue weighted by molar-refractivity contribution is 5.38. The van der Waals surface area contributed by atoms with Crippen LogP contribution in [0.5, 0.6) is 0 Å². The molecule has 0 aliphatic carbocycles. The number of hydrogen-bond acceptors (Lipinski definition) is 4. The van der Waals surface area contributed by atoms with E-state index < -0.39 is 0 Å². The molecule has 5 nitrogen and oxygen atoms in total. The number of non-ortho nitro benzene ring substituents is 1. The van der Waals surface area contributed by atoms with Crippen LogP contribution < -0.4 is 0 Å². The molecule has 3 rings (SSSR count). The molecule has 0 N–H and O–H groups in total. The van der Waals surface area contributed by atoms with Crippen molar-refractivity contribution in [2.24, 2.45) is 0 Å². The van der Waals surface area contributed by atoms with Crippen molar-refractivity contribution in [2.75, 3.05) is 19.7 Å². The molecule has 2 heterocycles. The van der Waals surface area contributed by atoms with Crippen molar-refractivity contribution in [3.05, 3.63) is 39.9 Å². The van der Waals surface area contributed by atoms with E-state index in [-0.39, 0.29) is 16.3 Å². The van der Waals surface area contributed by atoms with Gasteiger partial charge in [-0.1, -0.05) is 0 Å². The first-order valence-electron chi connectivity index (χ1n) is 4.86. The molecule has 0 spiro atoms. The van der Waals surface area contributed by atoms with E-state index in [1.54, 1.807) is 12.1 Å². The Bertz CT molecular complexity index is 417. The number of ether oxygens (including phenoxy) is 1. The van der Waals surface area contributed by atoms with Gasteiger partial charge in [-0.3, -0.25) is 15.0 Å². The average Bonchev–Trinajstić information content (AvgIpc) is 2.82. The largest absolute Gasteiger partial charge is 0.353 e. The van der Waals surface area contributed by atoms with Gasteiger partial charge in [-0.2, -0.15) is 0 Å². The normalized spacial score (nSPS) is 32.4. The Morgan fingerprint density at radius 3 is 2.60 bits per heavy atom. The Balaban J connectivity index is 1.91. The maximum atomic E-state index is 10.5. The molecule has 2 aliphatic rings. The zero-order valence-corrected chi connectivity index (χ0v) is 8.05. The van der Waals surface area contributed by atoms with Crippen molar-refractivity contribution in [1.29, 1.82) is 0 Å². The van der Waals surface area contributed by atoms with Crippen molar-refractivity contribution in [1.82, 2.24) is 4.90 Å². The van der Waals surface area contributed by atoms with E-state index in [2.05, 4.69) is 4.90 Å². The topological polar surface area (TPSA) is 55.4 Å². The fourth-order valence-corrected chi connectivity index (χ4v) is 2.15. The van der Waals surface area contributed by atoms with Gasteiger partial charge in [-0.15, -0.1) is 0 Å². The van der Waals surface area contributed by atoms with Crippen LogP contribution in [0.4, 0.5) is 5.69 Å². The molecule has 1 aromatic carbocycles. The number of nitrogens with zero attached hydrogens (tertiary/aromatic N) is 2. The van der Waals surface area contributed by atoms with Crippen LogP contribution in [0.15, 0.2) is 24.3 Å². The van der Waals surface area contributed by atoms with Gasteiger partial charge in [0.05, 0.1) is 11.5 Å². The smallest absolute Gasteiger partial charge is 0.269 e. The lowest BCUT2D eigenvalue weighted by Gasteiger charge is -2.10. The Kier molecular flexibility index (Phi) is 1.63. The van der Waals surface area contributed by atoms with Gasteiger partial charge in [0.15, 0.2) is 5.72 Å². The Morgan fingerprint density at radius 2 is 2.13 bits per heavy atom. The summed E-state index contributed by atoms with van der Waals surface area (Å²) in [6.45, 7) is 2.61. The van der Waals surface area contributed by atoms with Crippen LogP contribution in [0.1, 0.15) is 5.56 Å². The van der Waals surface area contributed by atoms with E-state index >= 15 is 0 Å². The van der Waals surface area contributed by atoms with Crippen molar-refractivity contribution in [3.8, 4) is 0 Å². The maximum Gasteiger partial charge on any atom is 0.269 e. The van der Waals surface area contributed by atoms with Crippen LogP contribution in [0.2, 0.25) is 0 Å². The van der Waals surface area contributed by atoms with E-state index in [0.717, 1.165) is 25.3 Å². The molecule has 2 fully saturated rings. The van der Waals surface area contributed by atoms with E-state index in [9.17, 15) is 10.1 Å². The average molecular weight is 206 g/mol. The fraction of sp³-hybridized carbons (Fsp3) is 0.400. The van der Waals surface area contributed by atoms with Crippen LogP contribution >= 0.6 is 0 Å². The highest BCUT2D eigenvalue weighted by Gasteiger charge is 2.58. The molecular weight excluding hydrogens is 196 g/mol. The number of benzene rings is 1. The number of rotatable bonds is 2. The summed E-state index contributed by atoms with van der Waals surface area (Å²) in [6, 6.07) is 6.62. The Labute approximate surface area is 86.4 Å². The third-order valence-electron chi connectivity index (χ3n) is 3.04. The van der Waals surface area contributed by atoms with E-state index in [4.69, 9.17) is 4.74 Å². The standard InChI is InChI=1S/C10H10N2O3/c13-12(14)9-3-1-8(2-4-9)10-7-11(10)5-6-15-10/h1-4H,5-7H2. The molecule has 5 heteroatoms. The van der Waals surface area contributed by atoms with Gasteiger partial charge in [0.1, 0.15) is 0 Å². The van der Waals surface area contributed by atoms with Gasteiger partial charge in [0.2, 0.25) is 0 Å². The van der Waals surface area contributed by atoms with Gasteiger partial charge in [-0.05, 0) is 12.1 Å². The van der Waals surface area contributed by atoms with Crippen molar-refractivity contribution < 1.29 is 9.66 Å². The summed E-state index contributed by atoms with van der Waals surface area (Å²) in [5, 5.41) is 10.5. The van der Waals surface area contributed by atoms with Crippen LogP contribution in [-0.4, -0.2) is 29.5 Å². The van der Waals surface area contributed by atoms with E-state index in [1.165, 1.54) is 12.1 Å². The summed E-state index contributed by atoms with van der Waals surface area (Å²) in [6.07, 6.45) is 0. The lowest BCUT2D eigenvalue weighted by atomic mass is 10.1. The monoisotopic (exact) mass is 206 g/mol. The van der Waals surface area contributed by atoms with Crippen LogP contribution in [0.25, 0.3) is 0 Å². The predicted octanol–water partition coefficient (Wildman–Crippen LogP) is 1.09. The van der Waals surface area contributed by atoms with E-state index in [0.29, 0.717) is 0 Å².